The van der Waals surface area contributed by atoms with Gasteiger partial charge in [0.2, 0.25) is 0 Å². The lowest BCUT2D eigenvalue weighted by Crippen LogP contribution is -2.32. The molecule has 20 heavy (non-hydrogen) atoms. The average molecular weight is 294 g/mol. The van der Waals surface area contributed by atoms with E-state index >= 15 is 0 Å². The first-order chi connectivity index (χ1) is 9.36. The predicted octanol–water partition coefficient (Wildman–Crippen LogP) is 2.51. The number of carbonyl (C=O) groups excluding carboxylic acids is 1. The van der Waals surface area contributed by atoms with E-state index in [1.165, 1.54) is 0 Å². The fourth-order valence-electron chi connectivity index (χ4n) is 3.30. The minimum absolute atomic E-state index is 0.0443. The molecule has 2 aliphatic rings. The lowest BCUT2D eigenvalue weighted by molar-refractivity contribution is 0.0906. The molecule has 4 nitrogen and oxygen atoms in total. The van der Waals surface area contributed by atoms with Gasteiger partial charge in [-0.25, -0.2) is 0 Å². The van der Waals surface area contributed by atoms with Gasteiger partial charge in [-0.3, -0.25) is 13.7 Å². The Morgan fingerprint density at radius 2 is 1.90 bits per heavy atom. The van der Waals surface area contributed by atoms with Crippen LogP contribution in [0.4, 0.5) is 0 Å². The Morgan fingerprint density at radius 1 is 1.30 bits per heavy atom. The molecule has 2 unspecified atom stereocenters. The van der Waals surface area contributed by atoms with Gasteiger partial charge < -0.3 is 0 Å². The zero-order chi connectivity index (χ0) is 14.5. The smallest absolute Gasteiger partial charge is 0.169 e. The van der Waals surface area contributed by atoms with Gasteiger partial charge in [0.15, 0.2) is 5.78 Å². The lowest BCUT2D eigenvalue weighted by Gasteiger charge is -2.25. The van der Waals surface area contributed by atoms with Gasteiger partial charge in [-0.05, 0) is 46.5 Å². The van der Waals surface area contributed by atoms with Crippen molar-refractivity contribution in [1.82, 2.24) is 9.78 Å². The van der Waals surface area contributed by atoms with Gasteiger partial charge in [0.05, 0.1) is 17.3 Å². The zero-order valence-electron chi connectivity index (χ0n) is 12.3. The molecule has 3 rings (SSSR count). The van der Waals surface area contributed by atoms with Crippen molar-refractivity contribution in [3.8, 4) is 0 Å². The van der Waals surface area contributed by atoms with Gasteiger partial charge in [0.25, 0.3) is 0 Å². The topological polar surface area (TPSA) is 52.0 Å². The minimum Gasteiger partial charge on any atom is -0.294 e. The van der Waals surface area contributed by atoms with Gasteiger partial charge in [-0.2, -0.15) is 5.10 Å². The van der Waals surface area contributed by atoms with Crippen LogP contribution >= 0.6 is 0 Å². The first kappa shape index (κ1) is 14.0. The van der Waals surface area contributed by atoms with Crippen molar-refractivity contribution in [3.05, 3.63) is 18.0 Å². The number of carbonyl (C=O) groups is 1. The number of hydrogen-bond acceptors (Lipinski definition) is 3. The first-order valence-corrected chi connectivity index (χ1v) is 8.62. The zero-order valence-corrected chi connectivity index (χ0v) is 13.2. The predicted molar refractivity (Wildman–Crippen MR) is 79.2 cm³/mol. The van der Waals surface area contributed by atoms with E-state index in [4.69, 9.17) is 0 Å². The highest BCUT2D eigenvalue weighted by molar-refractivity contribution is 7.86. The maximum atomic E-state index is 12.6. The first-order valence-electron chi connectivity index (χ1n) is 7.35. The third kappa shape index (κ3) is 2.36. The minimum atomic E-state index is -0.694. The van der Waals surface area contributed by atoms with E-state index in [2.05, 4.69) is 25.9 Å². The summed E-state index contributed by atoms with van der Waals surface area (Å²) in [5.74, 6) is 0.233. The molecule has 3 heterocycles. The second kappa shape index (κ2) is 4.79. The largest absolute Gasteiger partial charge is 0.294 e. The number of aromatic nitrogens is 2. The van der Waals surface area contributed by atoms with Crippen LogP contribution in [0.1, 0.15) is 56.8 Å². The summed E-state index contributed by atoms with van der Waals surface area (Å²) in [6.45, 7) is 6.20. The summed E-state index contributed by atoms with van der Waals surface area (Å²) in [7, 11) is -0.694. The average Bonchev–Trinajstić information content (AvgIpc) is 2.91. The molecule has 0 aliphatic carbocycles. The Balaban J connectivity index is 1.77. The van der Waals surface area contributed by atoms with Gasteiger partial charge in [0, 0.05) is 33.4 Å². The van der Waals surface area contributed by atoms with Crippen molar-refractivity contribution in [1.29, 1.82) is 0 Å². The molecule has 0 N–H and O–H groups in total. The molecular weight excluding hydrogens is 272 g/mol. The maximum absolute atomic E-state index is 12.6. The molecule has 0 spiro atoms. The molecule has 110 valence electrons. The SMILES string of the molecule is CC(C)(C)n1cc(C(=O)C2CC3CCC(C2)S3=O)cn1. The van der Waals surface area contributed by atoms with Crippen LogP contribution in [0.25, 0.3) is 0 Å². The molecular formula is C15H22N2O2S. The van der Waals surface area contributed by atoms with E-state index in [1.807, 2.05) is 10.9 Å². The van der Waals surface area contributed by atoms with Crippen LogP contribution < -0.4 is 0 Å². The standard InChI is InChI=1S/C15H22N2O2S/c1-15(2,3)17-9-11(8-16-17)14(18)10-6-12-4-5-13(7-10)20(12)19/h8-10,12-13H,4-7H2,1-3H3. The summed E-state index contributed by atoms with van der Waals surface area (Å²) in [5.41, 5.74) is 0.600. The highest BCUT2D eigenvalue weighted by Gasteiger charge is 2.43. The molecule has 1 aromatic heterocycles. The summed E-state index contributed by atoms with van der Waals surface area (Å²) in [6, 6.07) is 0. The van der Waals surface area contributed by atoms with Crippen LogP contribution in [-0.4, -0.2) is 30.3 Å². The van der Waals surface area contributed by atoms with Crippen LogP contribution in [0.5, 0.6) is 0 Å². The molecule has 1 aromatic rings. The summed E-state index contributed by atoms with van der Waals surface area (Å²) >= 11 is 0. The van der Waals surface area contributed by atoms with E-state index in [0.29, 0.717) is 5.56 Å². The molecule has 0 radical (unpaired) electrons. The number of Topliss-reactive ketones (excluding diaryl/α,β-unsaturated/α-hetero) is 1. The van der Waals surface area contributed by atoms with E-state index in [9.17, 15) is 9.00 Å². The van der Waals surface area contributed by atoms with Crippen LogP contribution in [0.3, 0.4) is 0 Å². The van der Waals surface area contributed by atoms with Gasteiger partial charge in [0.1, 0.15) is 0 Å². The normalized spacial score (nSPS) is 33.4. The third-order valence-electron chi connectivity index (χ3n) is 4.49. The fraction of sp³-hybridized carbons (Fsp3) is 0.733. The van der Waals surface area contributed by atoms with Crippen molar-refractivity contribution in [3.63, 3.8) is 0 Å². The molecule has 2 aliphatic heterocycles. The Kier molecular flexibility index (Phi) is 3.35. The van der Waals surface area contributed by atoms with Gasteiger partial charge >= 0.3 is 0 Å². The van der Waals surface area contributed by atoms with Crippen molar-refractivity contribution < 1.29 is 9.00 Å². The van der Waals surface area contributed by atoms with Crippen molar-refractivity contribution in [2.75, 3.05) is 0 Å². The monoisotopic (exact) mass is 294 g/mol. The van der Waals surface area contributed by atoms with E-state index in [0.717, 1.165) is 25.7 Å². The van der Waals surface area contributed by atoms with E-state index in [1.54, 1.807) is 6.20 Å². The Morgan fingerprint density at radius 3 is 2.40 bits per heavy atom. The third-order valence-corrected chi connectivity index (χ3v) is 6.66. The molecule has 0 aromatic carbocycles. The Bertz CT molecular complexity index is 542. The van der Waals surface area contributed by atoms with Crippen LogP contribution in [0, 0.1) is 5.92 Å². The van der Waals surface area contributed by atoms with E-state index < -0.39 is 10.8 Å². The molecule has 2 bridgehead atoms. The maximum Gasteiger partial charge on any atom is 0.169 e. The summed E-state index contributed by atoms with van der Waals surface area (Å²) in [4.78, 5) is 12.6. The van der Waals surface area contributed by atoms with Crippen LogP contribution in [0.2, 0.25) is 0 Å². The summed E-state index contributed by atoms with van der Waals surface area (Å²) in [5, 5.41) is 4.81. The molecule has 0 amide bonds. The number of hydrogen-bond donors (Lipinski definition) is 0. The second-order valence-electron chi connectivity index (χ2n) is 7.03. The molecule has 2 fully saturated rings. The van der Waals surface area contributed by atoms with Crippen LogP contribution in [0.15, 0.2) is 12.4 Å². The van der Waals surface area contributed by atoms with Crippen molar-refractivity contribution >= 4 is 16.6 Å². The van der Waals surface area contributed by atoms with Crippen molar-refractivity contribution in [2.45, 2.75) is 62.5 Å². The Labute approximate surface area is 122 Å². The summed E-state index contributed by atoms with van der Waals surface area (Å²) in [6.07, 6.45) is 7.19. The van der Waals surface area contributed by atoms with Gasteiger partial charge in [-0.15, -0.1) is 0 Å². The quantitative estimate of drug-likeness (QED) is 0.788. The summed E-state index contributed by atoms with van der Waals surface area (Å²) < 4.78 is 13.9. The highest BCUT2D eigenvalue weighted by Crippen LogP contribution is 2.39. The van der Waals surface area contributed by atoms with Crippen LogP contribution in [-0.2, 0) is 16.3 Å². The highest BCUT2D eigenvalue weighted by atomic mass is 32.2. The van der Waals surface area contributed by atoms with Crippen molar-refractivity contribution in [2.24, 2.45) is 5.92 Å². The second-order valence-corrected chi connectivity index (χ2v) is 9.02. The number of rotatable bonds is 2. The molecule has 2 atom stereocenters. The van der Waals surface area contributed by atoms with E-state index in [-0.39, 0.29) is 27.7 Å². The Hall–Kier alpha value is -0.970. The number of nitrogens with zero attached hydrogens (tertiary/aromatic N) is 2. The lowest BCUT2D eigenvalue weighted by atomic mass is 9.91. The number of ketones is 1. The molecule has 2 saturated heterocycles. The fourth-order valence-corrected chi connectivity index (χ4v) is 5.42. The molecule has 0 saturated carbocycles. The number of fused-ring (bicyclic) bond motifs is 2. The molecule has 5 heteroatoms. The van der Waals surface area contributed by atoms with Gasteiger partial charge in [-0.1, -0.05) is 0 Å².